The number of hydrogen-bond donors (Lipinski definition) is 4. The molecule has 0 spiro atoms. The lowest BCUT2D eigenvalue weighted by atomic mass is 9.86. The lowest BCUT2D eigenvalue weighted by molar-refractivity contribution is 0.0642. The molecule has 5 aromatic rings. The monoisotopic (exact) mass is 692 g/mol. The van der Waals surface area contributed by atoms with Crippen LogP contribution < -0.4 is 10.6 Å². The second-order valence-corrected chi connectivity index (χ2v) is 15.1. The number of aliphatic hydroxyl groups excluding tert-OH is 1. The third-order valence-electron chi connectivity index (χ3n) is 7.46. The SMILES string of the molecule is CC(C)CN(CC(O)C(Cc1ccccc1)C(NC(=O)O)c1cncs1)S(=O)(=O)c1ccc(-c2csc(Nc3ccncc3)n2)cc1. The van der Waals surface area contributed by atoms with Crippen molar-refractivity contribution in [1.82, 2.24) is 24.6 Å². The Morgan fingerprint density at radius 2 is 1.68 bits per heavy atom. The van der Waals surface area contributed by atoms with Gasteiger partial charge in [-0.25, -0.2) is 18.2 Å². The van der Waals surface area contributed by atoms with Crippen molar-refractivity contribution in [3.63, 3.8) is 0 Å². The number of benzene rings is 2. The zero-order valence-corrected chi connectivity index (χ0v) is 28.3. The van der Waals surface area contributed by atoms with Crippen molar-refractivity contribution < 1.29 is 23.4 Å². The van der Waals surface area contributed by atoms with Crippen LogP contribution in [0.2, 0.25) is 0 Å². The first kappa shape index (κ1) is 34.1. The Hall–Kier alpha value is -4.21. The number of carboxylic acid groups (broad SMARTS) is 1. The van der Waals surface area contributed by atoms with E-state index in [-0.39, 0.29) is 23.9 Å². The standard InChI is InChI=1S/C33H36N6O5S3/c1-22(2)18-39(19-29(40)27(16-23-6-4-3-5-7-23)31(38-33(41)42)30-17-35-21-46-30)47(43,44)26-10-8-24(9-11-26)28-20-45-32(37-28)36-25-12-14-34-15-13-25/h3-15,17,20-22,27,29,31,38,40H,16,18-19H2,1-2H3,(H,41,42)(H,34,36,37). The van der Waals surface area contributed by atoms with Crippen LogP contribution in [0.3, 0.4) is 0 Å². The summed E-state index contributed by atoms with van der Waals surface area (Å²) in [6.45, 7) is 3.75. The van der Waals surface area contributed by atoms with Gasteiger partial charge in [0, 0.05) is 59.1 Å². The topological polar surface area (TPSA) is 158 Å². The maximum atomic E-state index is 14.1. The molecule has 0 saturated carbocycles. The van der Waals surface area contributed by atoms with Crippen LogP contribution in [-0.4, -0.2) is 63.2 Å². The van der Waals surface area contributed by atoms with Crippen LogP contribution in [-0.2, 0) is 16.4 Å². The van der Waals surface area contributed by atoms with Gasteiger partial charge in [-0.2, -0.15) is 4.31 Å². The van der Waals surface area contributed by atoms with Crippen molar-refractivity contribution in [1.29, 1.82) is 0 Å². The van der Waals surface area contributed by atoms with Gasteiger partial charge in [-0.15, -0.1) is 22.7 Å². The zero-order valence-electron chi connectivity index (χ0n) is 25.8. The highest BCUT2D eigenvalue weighted by Crippen LogP contribution is 2.33. The summed E-state index contributed by atoms with van der Waals surface area (Å²) >= 11 is 2.71. The molecule has 0 radical (unpaired) electrons. The molecular formula is C33H36N6O5S3. The van der Waals surface area contributed by atoms with E-state index in [9.17, 15) is 23.4 Å². The molecular weight excluding hydrogens is 657 g/mol. The van der Waals surface area contributed by atoms with Gasteiger partial charge in [0.15, 0.2) is 5.13 Å². The predicted octanol–water partition coefficient (Wildman–Crippen LogP) is 6.28. The number of carbonyl (C=O) groups is 1. The van der Waals surface area contributed by atoms with E-state index in [0.29, 0.717) is 22.1 Å². The van der Waals surface area contributed by atoms with Crippen LogP contribution in [0.1, 0.15) is 30.3 Å². The molecule has 0 saturated heterocycles. The number of sulfonamides is 1. The second-order valence-electron chi connectivity index (χ2n) is 11.4. The van der Waals surface area contributed by atoms with Crippen LogP contribution >= 0.6 is 22.7 Å². The highest BCUT2D eigenvalue weighted by Gasteiger charge is 2.36. The fourth-order valence-electron chi connectivity index (χ4n) is 5.25. The third kappa shape index (κ3) is 8.99. The molecule has 246 valence electrons. The number of hydrogen-bond acceptors (Lipinski definition) is 10. The molecule has 3 aromatic heterocycles. The van der Waals surface area contributed by atoms with Crippen molar-refractivity contribution in [2.45, 2.75) is 37.3 Å². The van der Waals surface area contributed by atoms with E-state index >= 15 is 0 Å². The minimum atomic E-state index is -4.04. The van der Waals surface area contributed by atoms with Gasteiger partial charge < -0.3 is 20.8 Å². The maximum Gasteiger partial charge on any atom is 0.405 e. The van der Waals surface area contributed by atoms with E-state index in [0.717, 1.165) is 16.8 Å². The molecule has 0 aliphatic carbocycles. The second kappa shape index (κ2) is 15.6. The number of aliphatic hydroxyl groups is 1. The van der Waals surface area contributed by atoms with Gasteiger partial charge in [0.1, 0.15) is 0 Å². The number of rotatable bonds is 15. The van der Waals surface area contributed by atoms with Crippen LogP contribution in [0.15, 0.2) is 101 Å². The van der Waals surface area contributed by atoms with Crippen LogP contribution in [0.25, 0.3) is 11.3 Å². The highest BCUT2D eigenvalue weighted by atomic mass is 32.2. The maximum absolute atomic E-state index is 14.1. The number of pyridine rings is 1. The summed E-state index contributed by atoms with van der Waals surface area (Å²) in [5.74, 6) is -0.736. The molecule has 0 bridgehead atoms. The summed E-state index contributed by atoms with van der Waals surface area (Å²) in [6.07, 6.45) is 2.78. The number of thiazole rings is 2. The van der Waals surface area contributed by atoms with Gasteiger partial charge in [0.05, 0.1) is 28.2 Å². The lowest BCUT2D eigenvalue weighted by Gasteiger charge is -2.34. The van der Waals surface area contributed by atoms with E-state index in [4.69, 9.17) is 0 Å². The highest BCUT2D eigenvalue weighted by molar-refractivity contribution is 7.89. The number of nitrogens with one attached hydrogen (secondary N) is 2. The molecule has 14 heteroatoms. The Balaban J connectivity index is 1.39. The Bertz CT molecular complexity index is 1820. The first-order valence-corrected chi connectivity index (χ1v) is 18.1. The van der Waals surface area contributed by atoms with Crippen molar-refractivity contribution in [3.05, 3.63) is 107 Å². The summed E-state index contributed by atoms with van der Waals surface area (Å²) in [6, 6.07) is 18.8. The number of aromatic nitrogens is 3. The van der Waals surface area contributed by atoms with Gasteiger partial charge in [-0.1, -0.05) is 56.3 Å². The third-order valence-corrected chi connectivity index (χ3v) is 10.9. The Morgan fingerprint density at radius 3 is 2.32 bits per heavy atom. The largest absolute Gasteiger partial charge is 0.465 e. The quantitative estimate of drug-likeness (QED) is 0.0991. The minimum absolute atomic E-state index is 0.0421. The van der Waals surface area contributed by atoms with Crippen LogP contribution in [0.4, 0.5) is 15.6 Å². The van der Waals surface area contributed by atoms with Crippen molar-refractivity contribution in [2.24, 2.45) is 11.8 Å². The molecule has 0 fully saturated rings. The molecule has 3 unspecified atom stereocenters. The Labute approximate surface area is 282 Å². The molecule has 0 aliphatic rings. The summed E-state index contributed by atoms with van der Waals surface area (Å²) in [5, 5.41) is 29.9. The van der Waals surface area contributed by atoms with Gasteiger partial charge in [0.2, 0.25) is 10.0 Å². The van der Waals surface area contributed by atoms with Gasteiger partial charge in [-0.3, -0.25) is 9.97 Å². The average molecular weight is 693 g/mol. The Kier molecular flexibility index (Phi) is 11.3. The van der Waals surface area contributed by atoms with E-state index in [1.165, 1.54) is 27.0 Å². The first-order valence-electron chi connectivity index (χ1n) is 14.9. The van der Waals surface area contributed by atoms with E-state index < -0.39 is 34.2 Å². The summed E-state index contributed by atoms with van der Waals surface area (Å²) < 4.78 is 29.5. The molecule has 1 amide bonds. The first-order chi connectivity index (χ1) is 22.6. The molecule has 2 aromatic carbocycles. The summed E-state index contributed by atoms with van der Waals surface area (Å²) in [5.41, 5.74) is 4.80. The fourth-order valence-corrected chi connectivity index (χ4v) is 8.36. The van der Waals surface area contributed by atoms with E-state index in [1.807, 2.05) is 61.7 Å². The van der Waals surface area contributed by atoms with E-state index in [1.54, 1.807) is 48.4 Å². The normalized spacial score (nSPS) is 13.7. The van der Waals surface area contributed by atoms with Gasteiger partial charge >= 0.3 is 6.09 Å². The lowest BCUT2D eigenvalue weighted by Crippen LogP contribution is -2.46. The summed E-state index contributed by atoms with van der Waals surface area (Å²) in [7, 11) is -4.04. The van der Waals surface area contributed by atoms with Crippen LogP contribution in [0.5, 0.6) is 0 Å². The smallest absolute Gasteiger partial charge is 0.405 e. The Morgan fingerprint density at radius 1 is 0.957 bits per heavy atom. The summed E-state index contributed by atoms with van der Waals surface area (Å²) in [4.78, 5) is 25.4. The number of anilines is 2. The molecule has 0 aliphatic heterocycles. The molecule has 3 heterocycles. The number of nitrogens with zero attached hydrogens (tertiary/aromatic N) is 4. The zero-order chi connectivity index (χ0) is 33.4. The van der Waals surface area contributed by atoms with E-state index in [2.05, 4.69) is 25.6 Å². The molecule has 4 N–H and O–H groups in total. The van der Waals surface area contributed by atoms with Gasteiger partial charge in [-0.05, 0) is 42.2 Å². The fraction of sp³-hybridized carbons (Fsp3) is 0.273. The van der Waals surface area contributed by atoms with Gasteiger partial charge in [0.25, 0.3) is 0 Å². The molecule has 47 heavy (non-hydrogen) atoms. The van der Waals surface area contributed by atoms with Crippen molar-refractivity contribution in [2.75, 3.05) is 18.4 Å². The molecule has 5 rings (SSSR count). The molecule has 3 atom stereocenters. The predicted molar refractivity (Wildman–Crippen MR) is 184 cm³/mol. The number of amides is 1. The minimum Gasteiger partial charge on any atom is -0.465 e. The average Bonchev–Trinajstić information content (AvgIpc) is 3.76. The van der Waals surface area contributed by atoms with Crippen molar-refractivity contribution >= 4 is 49.6 Å². The molecule has 11 nitrogen and oxygen atoms in total. The van der Waals surface area contributed by atoms with Crippen molar-refractivity contribution in [3.8, 4) is 11.3 Å². The van der Waals surface area contributed by atoms with Crippen LogP contribution in [0, 0.1) is 11.8 Å².